The molecule has 3 rings (SSSR count). The Morgan fingerprint density at radius 2 is 1.87 bits per heavy atom. The maximum absolute atomic E-state index is 13.9. The zero-order valence-corrected chi connectivity index (χ0v) is 17.3. The summed E-state index contributed by atoms with van der Waals surface area (Å²) in [7, 11) is 1.46. The second-order valence-corrected chi connectivity index (χ2v) is 6.82. The number of halogens is 2. The number of methoxy groups -OCH3 is 1. The number of para-hydroxylation sites is 1. The fourth-order valence-electron chi connectivity index (χ4n) is 2.77. The second kappa shape index (κ2) is 10.3. The van der Waals surface area contributed by atoms with Gasteiger partial charge in [0.05, 0.1) is 12.8 Å². The molecule has 0 aliphatic rings. The number of hydrogen-bond acceptors (Lipinski definition) is 4. The molecule has 0 aliphatic carbocycles. The van der Waals surface area contributed by atoms with Crippen molar-refractivity contribution in [2.24, 2.45) is 0 Å². The predicted octanol–water partition coefficient (Wildman–Crippen LogP) is 5.61. The van der Waals surface area contributed by atoms with E-state index in [4.69, 9.17) is 21.1 Å². The molecule has 156 valence electrons. The van der Waals surface area contributed by atoms with Crippen LogP contribution < -0.4 is 14.8 Å². The lowest BCUT2D eigenvalue weighted by Crippen LogP contribution is -2.14. The summed E-state index contributed by atoms with van der Waals surface area (Å²) < 4.78 is 24.8. The van der Waals surface area contributed by atoms with Gasteiger partial charge in [0.1, 0.15) is 35.6 Å². The van der Waals surface area contributed by atoms with Crippen molar-refractivity contribution in [3.8, 4) is 17.6 Å². The summed E-state index contributed by atoms with van der Waals surface area (Å²) in [5.41, 5.74) is 1.09. The van der Waals surface area contributed by atoms with Crippen LogP contribution in [-0.4, -0.2) is 13.0 Å². The minimum atomic E-state index is -0.632. The number of hydrogen-bond donors (Lipinski definition) is 1. The van der Waals surface area contributed by atoms with E-state index in [0.717, 1.165) is 0 Å². The van der Waals surface area contributed by atoms with Gasteiger partial charge in [-0.15, -0.1) is 0 Å². The van der Waals surface area contributed by atoms with Crippen LogP contribution in [0.5, 0.6) is 11.5 Å². The van der Waals surface area contributed by atoms with E-state index in [1.165, 1.54) is 25.3 Å². The maximum atomic E-state index is 13.9. The van der Waals surface area contributed by atoms with Crippen LogP contribution in [0.3, 0.4) is 0 Å². The topological polar surface area (TPSA) is 71.3 Å². The number of ether oxygens (including phenoxy) is 2. The van der Waals surface area contributed by atoms with Crippen molar-refractivity contribution in [1.82, 2.24) is 0 Å². The van der Waals surface area contributed by atoms with Gasteiger partial charge in [-0.3, -0.25) is 4.79 Å². The van der Waals surface area contributed by atoms with E-state index in [0.29, 0.717) is 33.3 Å². The molecule has 0 fully saturated rings. The van der Waals surface area contributed by atoms with Gasteiger partial charge in [0, 0.05) is 16.1 Å². The number of nitriles is 1. The van der Waals surface area contributed by atoms with Crippen LogP contribution in [-0.2, 0) is 11.4 Å². The molecule has 0 saturated carbocycles. The van der Waals surface area contributed by atoms with E-state index >= 15 is 0 Å². The number of amides is 1. The smallest absolute Gasteiger partial charge is 0.266 e. The van der Waals surface area contributed by atoms with Gasteiger partial charge in [0.25, 0.3) is 5.91 Å². The lowest BCUT2D eigenvalue weighted by Gasteiger charge is -2.11. The fourth-order valence-corrected chi connectivity index (χ4v) is 2.95. The van der Waals surface area contributed by atoms with Crippen LogP contribution in [0.4, 0.5) is 10.1 Å². The second-order valence-electron chi connectivity index (χ2n) is 6.39. The van der Waals surface area contributed by atoms with Crippen LogP contribution in [0.1, 0.15) is 11.1 Å². The monoisotopic (exact) mass is 436 g/mol. The predicted molar refractivity (Wildman–Crippen MR) is 117 cm³/mol. The first-order chi connectivity index (χ1) is 15.0. The van der Waals surface area contributed by atoms with Gasteiger partial charge >= 0.3 is 0 Å². The molecule has 0 heterocycles. The van der Waals surface area contributed by atoms with Crippen molar-refractivity contribution >= 4 is 29.3 Å². The Kier molecular flexibility index (Phi) is 7.26. The van der Waals surface area contributed by atoms with Gasteiger partial charge in [0.2, 0.25) is 0 Å². The number of nitrogens with zero attached hydrogens (tertiary/aromatic N) is 1. The zero-order chi connectivity index (χ0) is 22.2. The van der Waals surface area contributed by atoms with E-state index in [1.54, 1.807) is 54.6 Å². The van der Waals surface area contributed by atoms with Crippen molar-refractivity contribution in [2.75, 3.05) is 12.4 Å². The zero-order valence-electron chi connectivity index (χ0n) is 16.6. The SMILES string of the molecule is COc1ccc(Cl)cc1NC(=O)C(C#N)=Cc1ccccc1OCc1ccccc1F. The van der Waals surface area contributed by atoms with Crippen molar-refractivity contribution in [2.45, 2.75) is 6.61 Å². The van der Waals surface area contributed by atoms with E-state index in [-0.39, 0.29) is 18.0 Å². The number of rotatable bonds is 7. The van der Waals surface area contributed by atoms with E-state index in [2.05, 4.69) is 5.32 Å². The standard InChI is InChI=1S/C24H18ClFN2O3/c1-30-23-11-10-19(25)13-21(23)28-24(29)18(14-27)12-16-6-3-5-9-22(16)31-15-17-7-2-4-8-20(17)26/h2-13H,15H2,1H3,(H,28,29). The average molecular weight is 437 g/mol. The molecule has 31 heavy (non-hydrogen) atoms. The third-order valence-electron chi connectivity index (χ3n) is 4.33. The Morgan fingerprint density at radius 1 is 1.13 bits per heavy atom. The number of nitrogens with one attached hydrogen (secondary N) is 1. The summed E-state index contributed by atoms with van der Waals surface area (Å²) >= 11 is 5.99. The molecular weight excluding hydrogens is 419 g/mol. The first-order valence-corrected chi connectivity index (χ1v) is 9.61. The molecule has 1 amide bonds. The summed E-state index contributed by atoms with van der Waals surface area (Å²) in [5.74, 6) is -0.189. The van der Waals surface area contributed by atoms with Crippen molar-refractivity contribution in [3.63, 3.8) is 0 Å². The third-order valence-corrected chi connectivity index (χ3v) is 4.57. The Bertz CT molecular complexity index is 1170. The Labute approximate surface area is 184 Å². The highest BCUT2D eigenvalue weighted by atomic mass is 35.5. The number of carbonyl (C=O) groups excluding carboxylic acids is 1. The van der Waals surface area contributed by atoms with Gasteiger partial charge in [-0.25, -0.2) is 4.39 Å². The van der Waals surface area contributed by atoms with Crippen molar-refractivity contribution in [3.05, 3.63) is 94.3 Å². The summed E-state index contributed by atoms with van der Waals surface area (Å²) in [4.78, 5) is 12.7. The summed E-state index contributed by atoms with van der Waals surface area (Å²) in [5, 5.41) is 12.6. The van der Waals surface area contributed by atoms with Gasteiger partial charge < -0.3 is 14.8 Å². The highest BCUT2D eigenvalue weighted by Crippen LogP contribution is 2.28. The molecule has 0 bridgehead atoms. The lowest BCUT2D eigenvalue weighted by molar-refractivity contribution is -0.112. The van der Waals surface area contributed by atoms with Gasteiger partial charge in [-0.1, -0.05) is 48.0 Å². The first kappa shape index (κ1) is 21.9. The largest absolute Gasteiger partial charge is 0.495 e. The quantitative estimate of drug-likeness (QED) is 0.386. The van der Waals surface area contributed by atoms with Crippen molar-refractivity contribution < 1.29 is 18.7 Å². The van der Waals surface area contributed by atoms with E-state index in [9.17, 15) is 14.4 Å². The van der Waals surface area contributed by atoms with Crippen LogP contribution >= 0.6 is 11.6 Å². The van der Waals surface area contributed by atoms with E-state index < -0.39 is 5.91 Å². The molecule has 3 aromatic carbocycles. The molecule has 0 saturated heterocycles. The normalized spacial score (nSPS) is 10.8. The maximum Gasteiger partial charge on any atom is 0.266 e. The molecule has 0 aliphatic heterocycles. The highest BCUT2D eigenvalue weighted by molar-refractivity contribution is 6.31. The first-order valence-electron chi connectivity index (χ1n) is 9.23. The molecule has 3 aromatic rings. The third kappa shape index (κ3) is 5.62. The number of benzene rings is 3. The van der Waals surface area contributed by atoms with E-state index in [1.807, 2.05) is 6.07 Å². The molecule has 0 atom stereocenters. The molecule has 0 unspecified atom stereocenters. The molecule has 7 heteroatoms. The minimum Gasteiger partial charge on any atom is -0.495 e. The van der Waals surface area contributed by atoms with Crippen LogP contribution in [0, 0.1) is 17.1 Å². The van der Waals surface area contributed by atoms with Gasteiger partial charge in [-0.05, 0) is 36.4 Å². The molecule has 1 N–H and O–H groups in total. The Balaban J connectivity index is 1.83. The average Bonchev–Trinajstić information content (AvgIpc) is 2.77. The summed E-state index contributed by atoms with van der Waals surface area (Å²) in [6.45, 7) is 0.00528. The Hall–Kier alpha value is -3.82. The van der Waals surface area contributed by atoms with Crippen LogP contribution in [0.15, 0.2) is 72.3 Å². The summed E-state index contributed by atoms with van der Waals surface area (Å²) in [6.07, 6.45) is 1.41. The number of carbonyl (C=O) groups is 1. The van der Waals surface area contributed by atoms with Crippen LogP contribution in [0.25, 0.3) is 6.08 Å². The molecule has 0 radical (unpaired) electrons. The highest BCUT2D eigenvalue weighted by Gasteiger charge is 2.14. The van der Waals surface area contributed by atoms with Gasteiger partial charge in [-0.2, -0.15) is 5.26 Å². The molecule has 0 aromatic heterocycles. The summed E-state index contributed by atoms with van der Waals surface area (Å²) in [6, 6.07) is 19.8. The van der Waals surface area contributed by atoms with Gasteiger partial charge in [0.15, 0.2) is 0 Å². The van der Waals surface area contributed by atoms with Crippen molar-refractivity contribution in [1.29, 1.82) is 5.26 Å². The Morgan fingerprint density at radius 3 is 2.61 bits per heavy atom. The fraction of sp³-hybridized carbons (Fsp3) is 0.0833. The minimum absolute atomic E-state index is 0.00528. The number of anilines is 1. The van der Waals surface area contributed by atoms with Crippen LogP contribution in [0.2, 0.25) is 5.02 Å². The molecule has 0 spiro atoms. The molecular formula is C24H18ClFN2O3. The molecule has 5 nitrogen and oxygen atoms in total. The lowest BCUT2D eigenvalue weighted by atomic mass is 10.1.